The SMILES string of the molecule is CON(CCCCc1ccc(N(CCCl)CCCl)cc1)C1CCCCO1. The van der Waals surface area contributed by atoms with E-state index in [0.717, 1.165) is 58.3 Å². The zero-order chi connectivity index (χ0) is 18.6. The first-order chi connectivity index (χ1) is 12.8. The molecule has 1 unspecified atom stereocenters. The molecule has 0 saturated carbocycles. The quantitative estimate of drug-likeness (QED) is 0.287. The van der Waals surface area contributed by atoms with Crippen LogP contribution in [-0.2, 0) is 16.0 Å². The lowest BCUT2D eigenvalue weighted by Crippen LogP contribution is -2.39. The first-order valence-corrected chi connectivity index (χ1v) is 10.7. The van der Waals surface area contributed by atoms with E-state index in [1.165, 1.54) is 17.7 Å². The fourth-order valence-corrected chi connectivity index (χ4v) is 3.76. The Morgan fingerprint density at radius 2 is 1.77 bits per heavy atom. The number of rotatable bonds is 12. The van der Waals surface area contributed by atoms with E-state index in [1.54, 1.807) is 7.11 Å². The molecule has 2 rings (SSSR count). The van der Waals surface area contributed by atoms with Gasteiger partial charge in [-0.3, -0.25) is 4.84 Å². The van der Waals surface area contributed by atoms with Crippen molar-refractivity contribution in [3.8, 4) is 0 Å². The average Bonchev–Trinajstić information content (AvgIpc) is 2.69. The number of unbranched alkanes of at least 4 members (excludes halogenated alkanes) is 1. The number of anilines is 1. The van der Waals surface area contributed by atoms with Crippen molar-refractivity contribution in [2.45, 2.75) is 44.8 Å². The molecule has 1 saturated heterocycles. The van der Waals surface area contributed by atoms with E-state index in [1.807, 2.05) is 5.06 Å². The van der Waals surface area contributed by atoms with Gasteiger partial charge in [-0.25, -0.2) is 0 Å². The van der Waals surface area contributed by atoms with Gasteiger partial charge in [-0.05, 0) is 56.2 Å². The van der Waals surface area contributed by atoms with Crippen LogP contribution in [0.25, 0.3) is 0 Å². The largest absolute Gasteiger partial charge is 0.369 e. The maximum atomic E-state index is 5.88. The lowest BCUT2D eigenvalue weighted by molar-refractivity contribution is -0.247. The highest BCUT2D eigenvalue weighted by Gasteiger charge is 2.21. The van der Waals surface area contributed by atoms with Crippen LogP contribution in [0.15, 0.2) is 24.3 Å². The summed E-state index contributed by atoms with van der Waals surface area (Å²) in [6.45, 7) is 3.41. The van der Waals surface area contributed by atoms with Crippen LogP contribution >= 0.6 is 23.2 Å². The molecule has 1 atom stereocenters. The minimum Gasteiger partial charge on any atom is -0.369 e. The second kappa shape index (κ2) is 12.8. The molecule has 1 aliphatic rings. The molecular weight excluding hydrogens is 371 g/mol. The number of ether oxygens (including phenoxy) is 1. The number of nitrogens with zero attached hydrogens (tertiary/aromatic N) is 2. The minimum atomic E-state index is 0.128. The van der Waals surface area contributed by atoms with E-state index >= 15 is 0 Å². The number of hydrogen-bond donors (Lipinski definition) is 0. The summed E-state index contributed by atoms with van der Waals surface area (Å²) >= 11 is 11.8. The van der Waals surface area contributed by atoms with Gasteiger partial charge in [0.2, 0.25) is 0 Å². The summed E-state index contributed by atoms with van der Waals surface area (Å²) in [7, 11) is 1.74. The molecule has 4 nitrogen and oxygen atoms in total. The summed E-state index contributed by atoms with van der Waals surface area (Å²) in [6.07, 6.45) is 6.89. The van der Waals surface area contributed by atoms with E-state index in [2.05, 4.69) is 29.2 Å². The van der Waals surface area contributed by atoms with Crippen molar-refractivity contribution in [1.82, 2.24) is 5.06 Å². The predicted octanol–water partition coefficient (Wildman–Crippen LogP) is 4.68. The molecule has 148 valence electrons. The molecule has 1 aliphatic heterocycles. The number of halogens is 2. The molecule has 1 aromatic carbocycles. The molecule has 6 heteroatoms. The molecule has 0 aromatic heterocycles. The van der Waals surface area contributed by atoms with Crippen LogP contribution in [0.1, 0.15) is 37.7 Å². The monoisotopic (exact) mass is 402 g/mol. The van der Waals surface area contributed by atoms with Crippen molar-refractivity contribution in [1.29, 1.82) is 0 Å². The van der Waals surface area contributed by atoms with E-state index < -0.39 is 0 Å². The molecular formula is C20H32Cl2N2O2. The van der Waals surface area contributed by atoms with Gasteiger partial charge in [-0.1, -0.05) is 12.1 Å². The van der Waals surface area contributed by atoms with Gasteiger partial charge in [0.15, 0.2) is 0 Å². The van der Waals surface area contributed by atoms with Crippen LogP contribution in [-0.4, -0.2) is 56.4 Å². The summed E-state index contributed by atoms with van der Waals surface area (Å²) < 4.78 is 5.80. The second-order valence-electron chi connectivity index (χ2n) is 6.63. The zero-order valence-corrected chi connectivity index (χ0v) is 17.4. The summed E-state index contributed by atoms with van der Waals surface area (Å²) in [5.41, 5.74) is 2.55. The number of hydroxylamine groups is 2. The van der Waals surface area contributed by atoms with Gasteiger partial charge < -0.3 is 9.64 Å². The third-order valence-corrected chi connectivity index (χ3v) is 5.15. The van der Waals surface area contributed by atoms with Crippen LogP contribution in [0.4, 0.5) is 5.69 Å². The maximum Gasteiger partial charge on any atom is 0.133 e. The van der Waals surface area contributed by atoms with Crippen LogP contribution in [0.3, 0.4) is 0 Å². The van der Waals surface area contributed by atoms with Gasteiger partial charge in [0.05, 0.1) is 7.11 Å². The summed E-state index contributed by atoms with van der Waals surface area (Å²) in [6, 6.07) is 8.77. The molecule has 1 aromatic rings. The number of aryl methyl sites for hydroxylation is 1. The summed E-state index contributed by atoms with van der Waals surface area (Å²) in [4.78, 5) is 7.74. The minimum absolute atomic E-state index is 0.128. The summed E-state index contributed by atoms with van der Waals surface area (Å²) in [5.74, 6) is 1.22. The Kier molecular flexibility index (Phi) is 10.7. The van der Waals surface area contributed by atoms with Gasteiger partial charge in [0.1, 0.15) is 6.23 Å². The molecule has 0 bridgehead atoms. The lowest BCUT2D eigenvalue weighted by atomic mass is 10.1. The Morgan fingerprint density at radius 1 is 1.04 bits per heavy atom. The summed E-state index contributed by atoms with van der Waals surface area (Å²) in [5, 5.41) is 2.00. The van der Waals surface area contributed by atoms with Crippen molar-refractivity contribution in [2.24, 2.45) is 0 Å². The van der Waals surface area contributed by atoms with Crippen molar-refractivity contribution >= 4 is 28.9 Å². The van der Waals surface area contributed by atoms with Gasteiger partial charge in [0.25, 0.3) is 0 Å². The van der Waals surface area contributed by atoms with Crippen molar-refractivity contribution in [2.75, 3.05) is 50.0 Å². The van der Waals surface area contributed by atoms with E-state index in [9.17, 15) is 0 Å². The first kappa shape index (κ1) is 21.8. The first-order valence-electron chi connectivity index (χ1n) is 9.66. The van der Waals surface area contributed by atoms with E-state index in [0.29, 0.717) is 11.8 Å². The molecule has 1 fully saturated rings. The average molecular weight is 403 g/mol. The molecule has 0 N–H and O–H groups in total. The smallest absolute Gasteiger partial charge is 0.133 e. The third kappa shape index (κ3) is 7.24. The van der Waals surface area contributed by atoms with Gasteiger partial charge in [-0.15, -0.1) is 23.2 Å². The molecule has 0 aliphatic carbocycles. The molecule has 1 heterocycles. The fourth-order valence-electron chi connectivity index (χ4n) is 3.35. The zero-order valence-electron chi connectivity index (χ0n) is 15.8. The normalized spacial score (nSPS) is 17.6. The third-order valence-electron chi connectivity index (χ3n) is 4.82. The second-order valence-corrected chi connectivity index (χ2v) is 7.39. The van der Waals surface area contributed by atoms with Gasteiger partial charge in [0, 0.05) is 43.7 Å². The van der Waals surface area contributed by atoms with Crippen molar-refractivity contribution in [3.63, 3.8) is 0 Å². The Labute approximate surface area is 168 Å². The molecule has 0 amide bonds. The number of hydrogen-bond acceptors (Lipinski definition) is 4. The Morgan fingerprint density at radius 3 is 2.35 bits per heavy atom. The van der Waals surface area contributed by atoms with Crippen LogP contribution in [0, 0.1) is 0 Å². The maximum absolute atomic E-state index is 5.88. The highest BCUT2D eigenvalue weighted by Crippen LogP contribution is 2.19. The van der Waals surface area contributed by atoms with Crippen LogP contribution in [0.5, 0.6) is 0 Å². The topological polar surface area (TPSA) is 24.9 Å². The van der Waals surface area contributed by atoms with Crippen molar-refractivity contribution < 1.29 is 9.57 Å². The molecule has 0 radical (unpaired) electrons. The van der Waals surface area contributed by atoms with E-state index in [-0.39, 0.29) is 6.23 Å². The Bertz CT molecular complexity index is 475. The van der Waals surface area contributed by atoms with Crippen LogP contribution < -0.4 is 4.90 Å². The number of benzene rings is 1. The van der Waals surface area contributed by atoms with E-state index in [4.69, 9.17) is 32.8 Å². The Hall–Kier alpha value is -0.520. The Balaban J connectivity index is 1.73. The predicted molar refractivity (Wildman–Crippen MR) is 110 cm³/mol. The number of alkyl halides is 2. The standard InChI is InChI=1S/C20H32Cl2N2O2/c1-25-24(20-7-3-5-17-26-20)14-4-2-6-18-8-10-19(11-9-18)23(15-12-21)16-13-22/h8-11,20H,2-7,12-17H2,1H3. The highest BCUT2D eigenvalue weighted by atomic mass is 35.5. The molecule has 0 spiro atoms. The fraction of sp³-hybridized carbons (Fsp3) is 0.700. The van der Waals surface area contributed by atoms with Crippen molar-refractivity contribution in [3.05, 3.63) is 29.8 Å². The lowest BCUT2D eigenvalue weighted by Gasteiger charge is -2.32. The van der Waals surface area contributed by atoms with Crippen LogP contribution in [0.2, 0.25) is 0 Å². The van der Waals surface area contributed by atoms with Gasteiger partial charge in [-0.2, -0.15) is 5.06 Å². The molecule has 26 heavy (non-hydrogen) atoms. The van der Waals surface area contributed by atoms with Gasteiger partial charge >= 0.3 is 0 Å². The highest BCUT2D eigenvalue weighted by molar-refractivity contribution is 6.18.